The predicted molar refractivity (Wildman–Crippen MR) is 98.2 cm³/mol. The Morgan fingerprint density at radius 1 is 1.20 bits per heavy atom. The minimum absolute atomic E-state index is 0.0225. The van der Waals surface area contributed by atoms with Gasteiger partial charge in [-0.25, -0.2) is 0 Å². The Bertz CT molecular complexity index is 429. The van der Waals surface area contributed by atoms with E-state index in [0.29, 0.717) is 25.9 Å². The number of amides is 1. The van der Waals surface area contributed by atoms with E-state index in [2.05, 4.69) is 13.8 Å². The molecule has 1 saturated carbocycles. The third-order valence-corrected chi connectivity index (χ3v) is 6.56. The number of hydrogen-bond donors (Lipinski definition) is 1. The highest BCUT2D eigenvalue weighted by atomic mass is 16.5. The van der Waals surface area contributed by atoms with Crippen LogP contribution in [0.25, 0.3) is 0 Å². The summed E-state index contributed by atoms with van der Waals surface area (Å²) in [5.41, 5.74) is 6.38. The summed E-state index contributed by atoms with van der Waals surface area (Å²) in [7, 11) is 0. The Balaban J connectivity index is 1.52. The van der Waals surface area contributed by atoms with Crippen molar-refractivity contribution in [3.05, 3.63) is 0 Å². The van der Waals surface area contributed by atoms with E-state index in [9.17, 15) is 4.79 Å². The maximum atomic E-state index is 12.9. The zero-order valence-corrected chi connectivity index (χ0v) is 16.0. The summed E-state index contributed by atoms with van der Waals surface area (Å²) in [6, 6.07) is 0.0664. The number of nitrogens with two attached hydrogens (primary N) is 1. The Hall–Kier alpha value is -0.650. The van der Waals surface area contributed by atoms with E-state index in [4.69, 9.17) is 15.2 Å². The first-order valence-corrected chi connectivity index (χ1v) is 10.3. The molecule has 1 aliphatic carbocycles. The minimum Gasteiger partial charge on any atom is -0.381 e. The van der Waals surface area contributed by atoms with E-state index in [1.165, 1.54) is 12.8 Å². The van der Waals surface area contributed by atoms with Crippen LogP contribution >= 0.6 is 0 Å². The van der Waals surface area contributed by atoms with Crippen LogP contribution in [0, 0.1) is 17.8 Å². The van der Waals surface area contributed by atoms with Gasteiger partial charge in [0.05, 0.1) is 31.3 Å². The van der Waals surface area contributed by atoms with Crippen molar-refractivity contribution < 1.29 is 14.3 Å². The second-order valence-electron chi connectivity index (χ2n) is 8.58. The number of rotatable bonds is 5. The third-order valence-electron chi connectivity index (χ3n) is 6.56. The molecular weight excluding hydrogens is 316 g/mol. The summed E-state index contributed by atoms with van der Waals surface area (Å²) < 4.78 is 11.7. The van der Waals surface area contributed by atoms with E-state index < -0.39 is 0 Å². The summed E-state index contributed by atoms with van der Waals surface area (Å²) in [5, 5.41) is 0. The fourth-order valence-corrected chi connectivity index (χ4v) is 4.69. The zero-order valence-electron chi connectivity index (χ0n) is 16.0. The number of carbonyl (C=O) groups excluding carboxylic acids is 1. The first-order chi connectivity index (χ1) is 12.1. The minimum atomic E-state index is 0.0225. The van der Waals surface area contributed by atoms with Gasteiger partial charge in [0.1, 0.15) is 0 Å². The maximum absolute atomic E-state index is 12.9. The molecule has 0 aromatic heterocycles. The van der Waals surface area contributed by atoms with Crippen LogP contribution in [0.2, 0.25) is 0 Å². The molecule has 2 aliphatic heterocycles. The lowest BCUT2D eigenvalue weighted by molar-refractivity contribution is -0.142. The molecular formula is C20H36N2O3. The molecule has 2 heterocycles. The molecule has 25 heavy (non-hydrogen) atoms. The molecule has 3 unspecified atom stereocenters. The normalized spacial score (nSPS) is 36.8. The first kappa shape index (κ1) is 19.1. The van der Waals surface area contributed by atoms with Crippen molar-refractivity contribution >= 4 is 5.91 Å². The van der Waals surface area contributed by atoms with Crippen LogP contribution in [0.1, 0.15) is 58.8 Å². The highest BCUT2D eigenvalue weighted by molar-refractivity contribution is 5.79. The van der Waals surface area contributed by atoms with Gasteiger partial charge in [-0.15, -0.1) is 0 Å². The second kappa shape index (κ2) is 8.83. The molecule has 0 bridgehead atoms. The predicted octanol–water partition coefficient (Wildman–Crippen LogP) is 2.57. The van der Waals surface area contributed by atoms with Gasteiger partial charge in [-0.3, -0.25) is 4.79 Å². The van der Waals surface area contributed by atoms with Gasteiger partial charge in [-0.1, -0.05) is 13.8 Å². The number of piperidine rings is 1. The molecule has 0 radical (unpaired) electrons. The molecule has 0 aromatic carbocycles. The average molecular weight is 353 g/mol. The fourth-order valence-electron chi connectivity index (χ4n) is 4.69. The van der Waals surface area contributed by atoms with Crippen LogP contribution in [0.4, 0.5) is 0 Å². The molecule has 1 amide bonds. The number of hydrogen-bond acceptors (Lipinski definition) is 4. The van der Waals surface area contributed by atoms with Crippen molar-refractivity contribution in [2.45, 2.75) is 77.0 Å². The quantitative estimate of drug-likeness (QED) is 0.826. The lowest BCUT2D eigenvalue weighted by Gasteiger charge is -2.41. The Morgan fingerprint density at radius 3 is 2.60 bits per heavy atom. The van der Waals surface area contributed by atoms with Crippen LogP contribution in [-0.4, -0.2) is 55.4 Å². The molecule has 144 valence electrons. The van der Waals surface area contributed by atoms with Crippen molar-refractivity contribution in [2.24, 2.45) is 23.5 Å². The summed E-state index contributed by atoms with van der Waals surface area (Å²) in [6.45, 7) is 7.33. The van der Waals surface area contributed by atoms with Gasteiger partial charge in [0.25, 0.3) is 0 Å². The van der Waals surface area contributed by atoms with Crippen molar-refractivity contribution in [1.29, 1.82) is 0 Å². The summed E-state index contributed by atoms with van der Waals surface area (Å²) in [5.74, 6) is 1.87. The van der Waals surface area contributed by atoms with Gasteiger partial charge >= 0.3 is 0 Å². The molecule has 0 spiro atoms. The van der Waals surface area contributed by atoms with Crippen molar-refractivity contribution in [3.63, 3.8) is 0 Å². The third kappa shape index (κ3) is 4.75. The van der Waals surface area contributed by atoms with Crippen molar-refractivity contribution in [1.82, 2.24) is 4.90 Å². The molecule has 3 rings (SSSR count). The molecule has 5 nitrogen and oxygen atoms in total. The fraction of sp³-hybridized carbons (Fsp3) is 0.950. The van der Waals surface area contributed by atoms with Gasteiger partial charge in [0, 0.05) is 19.2 Å². The monoisotopic (exact) mass is 352 g/mol. The van der Waals surface area contributed by atoms with E-state index in [1.807, 2.05) is 4.90 Å². The molecule has 0 aromatic rings. The SMILES string of the molecule is CC(C)C1CCC(OCC2C(N)CCCN2C(=O)C2CCOC2)CC1. The van der Waals surface area contributed by atoms with Crippen molar-refractivity contribution in [2.75, 3.05) is 26.4 Å². The van der Waals surface area contributed by atoms with Crippen LogP contribution in [0.5, 0.6) is 0 Å². The highest BCUT2D eigenvalue weighted by Gasteiger charge is 2.37. The Morgan fingerprint density at radius 2 is 1.96 bits per heavy atom. The molecule has 3 fully saturated rings. The van der Waals surface area contributed by atoms with Crippen LogP contribution in [0.3, 0.4) is 0 Å². The van der Waals surface area contributed by atoms with E-state index in [0.717, 1.165) is 50.5 Å². The smallest absolute Gasteiger partial charge is 0.228 e. The van der Waals surface area contributed by atoms with E-state index in [-0.39, 0.29) is 23.9 Å². The standard InChI is InChI=1S/C20H36N2O3/c1-14(2)15-5-7-17(8-6-15)25-13-19-18(21)4-3-10-22(19)20(23)16-9-11-24-12-16/h14-19H,3-13,21H2,1-2H3. The van der Waals surface area contributed by atoms with E-state index >= 15 is 0 Å². The maximum Gasteiger partial charge on any atom is 0.228 e. The van der Waals surface area contributed by atoms with Gasteiger partial charge in [-0.2, -0.15) is 0 Å². The largest absolute Gasteiger partial charge is 0.381 e. The molecule has 3 aliphatic rings. The second-order valence-corrected chi connectivity index (χ2v) is 8.58. The Kier molecular flexibility index (Phi) is 6.75. The van der Waals surface area contributed by atoms with Gasteiger partial charge < -0.3 is 20.1 Å². The topological polar surface area (TPSA) is 64.8 Å². The van der Waals surface area contributed by atoms with Crippen molar-refractivity contribution in [3.8, 4) is 0 Å². The number of carbonyl (C=O) groups is 1. The first-order valence-electron chi connectivity index (χ1n) is 10.3. The lowest BCUT2D eigenvalue weighted by Crippen LogP contribution is -2.58. The molecule has 5 heteroatoms. The molecule has 2 N–H and O–H groups in total. The molecule has 2 saturated heterocycles. The number of nitrogens with zero attached hydrogens (tertiary/aromatic N) is 1. The number of ether oxygens (including phenoxy) is 2. The zero-order chi connectivity index (χ0) is 17.8. The summed E-state index contributed by atoms with van der Waals surface area (Å²) in [6.07, 6.45) is 8.00. The van der Waals surface area contributed by atoms with Gasteiger partial charge in [0.2, 0.25) is 5.91 Å². The van der Waals surface area contributed by atoms with Crippen LogP contribution < -0.4 is 5.73 Å². The van der Waals surface area contributed by atoms with Crippen LogP contribution in [-0.2, 0) is 14.3 Å². The van der Waals surface area contributed by atoms with Gasteiger partial charge in [-0.05, 0) is 56.8 Å². The Labute approximate surface area is 152 Å². The lowest BCUT2D eigenvalue weighted by atomic mass is 9.80. The average Bonchev–Trinajstić information content (AvgIpc) is 3.15. The summed E-state index contributed by atoms with van der Waals surface area (Å²) in [4.78, 5) is 14.9. The van der Waals surface area contributed by atoms with Crippen LogP contribution in [0.15, 0.2) is 0 Å². The highest BCUT2D eigenvalue weighted by Crippen LogP contribution is 2.32. The number of likely N-dealkylation sites (tertiary alicyclic amines) is 1. The van der Waals surface area contributed by atoms with Gasteiger partial charge in [0.15, 0.2) is 0 Å². The molecule has 3 atom stereocenters. The summed E-state index contributed by atoms with van der Waals surface area (Å²) >= 11 is 0. The van der Waals surface area contributed by atoms with E-state index in [1.54, 1.807) is 0 Å².